The molecule has 14 heteroatoms. The van der Waals surface area contributed by atoms with E-state index in [1.165, 1.54) is 12.1 Å². The fourth-order valence-electron chi connectivity index (χ4n) is 7.04. The highest BCUT2D eigenvalue weighted by molar-refractivity contribution is 6.05. The number of carbonyl (C=O) groups is 5. The molecule has 0 aliphatic carbocycles. The smallest absolute Gasteiger partial charge is 0.338 e. The summed E-state index contributed by atoms with van der Waals surface area (Å²) in [5.41, 5.74) is 11.1. The summed E-state index contributed by atoms with van der Waals surface area (Å²) in [4.78, 5) is 72.8. The van der Waals surface area contributed by atoms with E-state index < -0.39 is 48.2 Å². The summed E-state index contributed by atoms with van der Waals surface area (Å²) in [7, 11) is 1.76. The predicted octanol–water partition coefficient (Wildman–Crippen LogP) is 6.58. The predicted molar refractivity (Wildman–Crippen MR) is 243 cm³/mol. The number of imidazole rings is 1. The summed E-state index contributed by atoms with van der Waals surface area (Å²) in [6.07, 6.45) is -0.481. The second-order valence-electron chi connectivity index (χ2n) is 15.2. The molecule has 5 N–H and O–H groups in total. The number of nitrogens with zero attached hydrogens (tertiary/aromatic N) is 2. The maximum absolute atomic E-state index is 14.2. The Morgan fingerprint density at radius 1 is 0.631 bits per heavy atom. The molecule has 2 amide bonds. The normalized spacial score (nSPS) is 11.8. The molecule has 0 bridgehead atoms. The van der Waals surface area contributed by atoms with E-state index in [1.54, 1.807) is 72.3 Å². The van der Waals surface area contributed by atoms with Crippen LogP contribution in [0, 0.1) is 5.41 Å². The second kappa shape index (κ2) is 21.1. The number of amidine groups is 1. The third kappa shape index (κ3) is 11.8. The Hall–Kier alpha value is -8.39. The SMILES string of the molecule is Cn1c(-c2ccc(C(=O)OCc3ccccc3)cc2C(=N)N)nc2cc(C(=O)NC(CC(=O)OCc3ccccc3)C(=O)NC(Cc3ccccc3)C(=O)OCc3ccccc3)ccc21. The first-order chi connectivity index (χ1) is 31.5. The van der Waals surface area contributed by atoms with Crippen molar-refractivity contribution in [3.63, 3.8) is 0 Å². The Morgan fingerprint density at radius 2 is 1.17 bits per heavy atom. The van der Waals surface area contributed by atoms with Gasteiger partial charge in [-0.1, -0.05) is 121 Å². The van der Waals surface area contributed by atoms with Crippen LogP contribution in [0.15, 0.2) is 158 Å². The molecule has 2 atom stereocenters. The van der Waals surface area contributed by atoms with Crippen molar-refractivity contribution in [2.45, 2.75) is 44.7 Å². The van der Waals surface area contributed by atoms with Crippen molar-refractivity contribution < 1.29 is 38.2 Å². The van der Waals surface area contributed by atoms with Gasteiger partial charge in [0.25, 0.3) is 5.91 Å². The van der Waals surface area contributed by atoms with Crippen LogP contribution in [0.4, 0.5) is 0 Å². The molecule has 0 saturated carbocycles. The number of ether oxygens (including phenoxy) is 3. The molecule has 328 valence electrons. The molecule has 0 aliphatic heterocycles. The van der Waals surface area contributed by atoms with E-state index >= 15 is 0 Å². The maximum atomic E-state index is 14.2. The summed E-state index contributed by atoms with van der Waals surface area (Å²) in [6.45, 7) is -0.0227. The van der Waals surface area contributed by atoms with Crippen LogP contribution in [0.2, 0.25) is 0 Å². The summed E-state index contributed by atoms with van der Waals surface area (Å²) in [5, 5.41) is 13.7. The molecule has 65 heavy (non-hydrogen) atoms. The first-order valence-corrected chi connectivity index (χ1v) is 20.7. The Kier molecular flexibility index (Phi) is 14.5. The molecule has 7 rings (SSSR count). The van der Waals surface area contributed by atoms with E-state index in [4.69, 9.17) is 30.3 Å². The van der Waals surface area contributed by atoms with E-state index in [1.807, 2.05) is 84.9 Å². The highest BCUT2D eigenvalue weighted by Crippen LogP contribution is 2.28. The minimum absolute atomic E-state index is 0.0320. The zero-order valence-corrected chi connectivity index (χ0v) is 35.4. The van der Waals surface area contributed by atoms with Gasteiger partial charge in [-0.05, 0) is 58.7 Å². The number of rotatable bonds is 18. The highest BCUT2D eigenvalue weighted by Gasteiger charge is 2.31. The third-order valence-electron chi connectivity index (χ3n) is 10.5. The first kappa shape index (κ1) is 44.7. The molecule has 0 radical (unpaired) electrons. The third-order valence-corrected chi connectivity index (χ3v) is 10.5. The van der Waals surface area contributed by atoms with Crippen LogP contribution in [0.1, 0.15) is 55.0 Å². The quantitative estimate of drug-likeness (QED) is 0.0315. The summed E-state index contributed by atoms with van der Waals surface area (Å²) >= 11 is 0. The van der Waals surface area contributed by atoms with Gasteiger partial charge in [0.2, 0.25) is 5.91 Å². The lowest BCUT2D eigenvalue weighted by Crippen LogP contribution is -2.53. The van der Waals surface area contributed by atoms with Crippen LogP contribution in [0.25, 0.3) is 22.4 Å². The number of aromatic nitrogens is 2. The standard InChI is InChI=1S/C51H46N6O8/c1-57-44-25-23-37(28-41(44)54-47(57)39-24-22-38(27-40(39)46(52)53)50(61)64-31-35-18-10-4-11-19-35)48(59)55-42(29-45(58)63-30-34-16-8-3-9-17-34)49(60)56-43(26-33-14-6-2-7-15-33)51(62)65-32-36-20-12-5-13-21-36/h2-25,27-28,42-43H,26,29-32H2,1H3,(H3,52,53)(H,55,59)(H,56,60). The van der Waals surface area contributed by atoms with Crippen molar-refractivity contribution in [2.75, 3.05) is 0 Å². The largest absolute Gasteiger partial charge is 0.461 e. The molecular weight excluding hydrogens is 825 g/mol. The topological polar surface area (TPSA) is 205 Å². The molecule has 2 unspecified atom stereocenters. The van der Waals surface area contributed by atoms with Gasteiger partial charge < -0.3 is 35.1 Å². The van der Waals surface area contributed by atoms with Crippen LogP contribution < -0.4 is 16.4 Å². The number of fused-ring (bicyclic) bond motifs is 1. The van der Waals surface area contributed by atoms with E-state index in [2.05, 4.69) is 10.6 Å². The van der Waals surface area contributed by atoms with Crippen LogP contribution in [-0.2, 0) is 61.9 Å². The van der Waals surface area contributed by atoms with Crippen molar-refractivity contribution in [3.05, 3.63) is 197 Å². The number of aryl methyl sites for hydroxylation is 1. The monoisotopic (exact) mass is 870 g/mol. The molecule has 7 aromatic rings. The van der Waals surface area contributed by atoms with Gasteiger partial charge in [-0.3, -0.25) is 19.8 Å². The average Bonchev–Trinajstić information content (AvgIpc) is 3.67. The van der Waals surface area contributed by atoms with Crippen LogP contribution in [-0.4, -0.2) is 57.2 Å². The fourth-order valence-corrected chi connectivity index (χ4v) is 7.04. The van der Waals surface area contributed by atoms with Crippen molar-refractivity contribution in [2.24, 2.45) is 12.8 Å². The maximum Gasteiger partial charge on any atom is 0.338 e. The number of nitrogen functional groups attached to an aromatic ring is 1. The van der Waals surface area contributed by atoms with Gasteiger partial charge in [-0.15, -0.1) is 0 Å². The van der Waals surface area contributed by atoms with Gasteiger partial charge in [0.15, 0.2) is 0 Å². The molecule has 0 fully saturated rings. The van der Waals surface area contributed by atoms with Gasteiger partial charge >= 0.3 is 17.9 Å². The van der Waals surface area contributed by atoms with E-state index in [0.717, 1.165) is 22.3 Å². The van der Waals surface area contributed by atoms with Gasteiger partial charge in [0, 0.05) is 30.2 Å². The van der Waals surface area contributed by atoms with Gasteiger partial charge in [0.1, 0.15) is 43.6 Å². The molecule has 0 spiro atoms. The van der Waals surface area contributed by atoms with Crippen molar-refractivity contribution >= 4 is 46.6 Å². The highest BCUT2D eigenvalue weighted by atomic mass is 16.5. The number of nitrogens with one attached hydrogen (secondary N) is 3. The van der Waals surface area contributed by atoms with Crippen molar-refractivity contribution in [3.8, 4) is 11.4 Å². The molecular formula is C51H46N6O8. The van der Waals surface area contributed by atoms with E-state index in [-0.39, 0.29) is 48.8 Å². The number of benzene rings is 6. The lowest BCUT2D eigenvalue weighted by molar-refractivity contribution is -0.149. The number of nitrogens with two attached hydrogens (primary N) is 1. The lowest BCUT2D eigenvalue weighted by Gasteiger charge is -2.23. The van der Waals surface area contributed by atoms with Gasteiger partial charge in [-0.2, -0.15) is 0 Å². The fraction of sp³-hybridized carbons (Fsp3) is 0.157. The van der Waals surface area contributed by atoms with Crippen LogP contribution in [0.5, 0.6) is 0 Å². The zero-order chi connectivity index (χ0) is 45.7. The number of hydrogen-bond donors (Lipinski definition) is 4. The first-order valence-electron chi connectivity index (χ1n) is 20.7. The Bertz CT molecular complexity index is 2820. The van der Waals surface area contributed by atoms with Crippen LogP contribution >= 0.6 is 0 Å². The summed E-state index contributed by atoms with van der Waals surface area (Å²) in [6, 6.07) is 43.2. The lowest BCUT2D eigenvalue weighted by atomic mass is 10.0. The number of amides is 2. The van der Waals surface area contributed by atoms with Crippen molar-refractivity contribution in [1.82, 2.24) is 20.2 Å². The number of carbonyl (C=O) groups excluding carboxylic acids is 5. The molecule has 6 aromatic carbocycles. The Labute approximate surface area is 374 Å². The van der Waals surface area contributed by atoms with Crippen LogP contribution in [0.3, 0.4) is 0 Å². The van der Waals surface area contributed by atoms with E-state index in [9.17, 15) is 24.0 Å². The minimum Gasteiger partial charge on any atom is -0.461 e. The molecule has 14 nitrogen and oxygen atoms in total. The average molecular weight is 871 g/mol. The summed E-state index contributed by atoms with van der Waals surface area (Å²) in [5.74, 6) is -3.47. The van der Waals surface area contributed by atoms with Crippen molar-refractivity contribution in [1.29, 1.82) is 5.41 Å². The Morgan fingerprint density at radius 3 is 1.75 bits per heavy atom. The van der Waals surface area contributed by atoms with Gasteiger partial charge in [-0.25, -0.2) is 14.6 Å². The molecule has 1 heterocycles. The number of hydrogen-bond acceptors (Lipinski definition) is 10. The molecule has 0 aliphatic rings. The number of esters is 3. The Balaban J connectivity index is 1.12. The minimum atomic E-state index is -1.48. The van der Waals surface area contributed by atoms with E-state index in [0.29, 0.717) is 22.4 Å². The summed E-state index contributed by atoms with van der Waals surface area (Å²) < 4.78 is 18.4. The molecule has 1 aromatic heterocycles. The second-order valence-corrected chi connectivity index (χ2v) is 15.2. The molecule has 0 saturated heterocycles. The van der Waals surface area contributed by atoms with Gasteiger partial charge in [0.05, 0.1) is 23.0 Å². The zero-order valence-electron chi connectivity index (χ0n) is 35.4.